The van der Waals surface area contributed by atoms with E-state index in [9.17, 15) is 4.39 Å². The summed E-state index contributed by atoms with van der Waals surface area (Å²) in [5.74, 6) is 1.04. The van der Waals surface area contributed by atoms with Gasteiger partial charge in [-0.05, 0) is 78.1 Å². The van der Waals surface area contributed by atoms with Gasteiger partial charge in [-0.1, -0.05) is 55.7 Å². The predicted octanol–water partition coefficient (Wildman–Crippen LogP) is 6.31. The minimum absolute atomic E-state index is 0.0900. The van der Waals surface area contributed by atoms with Crippen molar-refractivity contribution < 1.29 is 4.39 Å². The van der Waals surface area contributed by atoms with Gasteiger partial charge in [0.05, 0.1) is 0 Å². The van der Waals surface area contributed by atoms with E-state index in [4.69, 9.17) is 22.2 Å². The van der Waals surface area contributed by atoms with Crippen LogP contribution in [0.4, 0.5) is 16.2 Å². The van der Waals surface area contributed by atoms with E-state index >= 15 is 0 Å². The van der Waals surface area contributed by atoms with Gasteiger partial charge in [0.2, 0.25) is 5.95 Å². The Morgan fingerprint density at radius 3 is 2.49 bits per heavy atom. The van der Waals surface area contributed by atoms with Crippen LogP contribution in [0.5, 0.6) is 0 Å². The molecule has 210 valence electrons. The molecule has 2 aliphatic rings. The summed E-state index contributed by atoms with van der Waals surface area (Å²) in [5, 5.41) is 8.50. The molecule has 7 nitrogen and oxygen atoms in total. The van der Waals surface area contributed by atoms with Crippen LogP contribution in [0.15, 0.2) is 83.2 Å². The maximum Gasteiger partial charge on any atom is 0.232 e. The maximum absolute atomic E-state index is 13.7. The molecule has 2 aromatic heterocycles. The van der Waals surface area contributed by atoms with Gasteiger partial charge in [0.25, 0.3) is 0 Å². The van der Waals surface area contributed by atoms with E-state index in [1.165, 1.54) is 29.3 Å². The number of benzene rings is 2. The molecule has 0 radical (unpaired) electrons. The minimum Gasteiger partial charge on any atom is -0.361 e. The fourth-order valence-electron chi connectivity index (χ4n) is 5.80. The fraction of sp³-hybridized carbons (Fsp3) is 0.323. The van der Waals surface area contributed by atoms with Crippen LogP contribution in [-0.4, -0.2) is 38.1 Å². The zero-order valence-electron chi connectivity index (χ0n) is 22.7. The van der Waals surface area contributed by atoms with Crippen LogP contribution in [-0.2, 0) is 18.4 Å². The Labute approximate surface area is 249 Å². The van der Waals surface area contributed by atoms with Crippen LogP contribution < -0.4 is 15.5 Å². The van der Waals surface area contributed by atoms with Crippen molar-refractivity contribution in [2.75, 3.05) is 23.3 Å². The zero-order valence-corrected chi connectivity index (χ0v) is 24.4. The second-order valence-electron chi connectivity index (χ2n) is 10.6. The van der Waals surface area contributed by atoms with Crippen LogP contribution >= 0.6 is 24.0 Å². The number of hydrogen-bond acceptors (Lipinski definition) is 7. The Morgan fingerprint density at radius 1 is 0.951 bits per heavy atom. The summed E-state index contributed by atoms with van der Waals surface area (Å²) in [6, 6.07) is 19.3. The average molecular weight is 586 g/mol. The Kier molecular flexibility index (Phi) is 8.38. The molecule has 4 aromatic rings. The van der Waals surface area contributed by atoms with E-state index < -0.39 is 0 Å². The van der Waals surface area contributed by atoms with Crippen molar-refractivity contribution in [3.63, 3.8) is 0 Å². The number of halogens is 1. The number of aromatic nitrogens is 4. The molecule has 41 heavy (non-hydrogen) atoms. The summed E-state index contributed by atoms with van der Waals surface area (Å²) in [7, 11) is 0. The molecule has 0 atom stereocenters. The Balaban J connectivity index is 1.21. The molecule has 0 unspecified atom stereocenters. The molecule has 2 N–H and O–H groups in total. The topological polar surface area (TPSA) is 78.9 Å². The van der Waals surface area contributed by atoms with Crippen molar-refractivity contribution in [1.82, 2.24) is 25.3 Å². The Bertz CT molecular complexity index is 1490. The second-order valence-corrected chi connectivity index (χ2v) is 12.0. The van der Waals surface area contributed by atoms with Gasteiger partial charge in [0.1, 0.15) is 16.7 Å². The molecular formula is C31H32FN7S2. The molecule has 0 amide bonds. The van der Waals surface area contributed by atoms with Crippen molar-refractivity contribution in [2.45, 2.75) is 60.7 Å². The van der Waals surface area contributed by atoms with Gasteiger partial charge in [-0.15, -0.1) is 0 Å². The van der Waals surface area contributed by atoms with Crippen LogP contribution in [0, 0.1) is 5.82 Å². The second kappa shape index (κ2) is 12.5. The number of thiocarbonyl (C=S) groups is 1. The third-order valence-electron chi connectivity index (χ3n) is 7.96. The monoisotopic (exact) mass is 585 g/mol. The highest BCUT2D eigenvalue weighted by Gasteiger charge is 2.34. The van der Waals surface area contributed by atoms with E-state index in [1.54, 1.807) is 30.6 Å². The van der Waals surface area contributed by atoms with Crippen LogP contribution in [0.2, 0.25) is 0 Å². The molecule has 0 spiro atoms. The summed E-state index contributed by atoms with van der Waals surface area (Å²) >= 11 is 7.13. The molecule has 2 aromatic carbocycles. The highest BCUT2D eigenvalue weighted by Crippen LogP contribution is 2.39. The number of anilines is 2. The molecule has 0 saturated heterocycles. The van der Waals surface area contributed by atoms with Gasteiger partial charge >= 0.3 is 0 Å². The van der Waals surface area contributed by atoms with E-state index in [-0.39, 0.29) is 11.2 Å². The standard InChI is InChI=1S/C31H32FN7S2/c32-25-11-9-24(10-12-25)31(14-4-1-5-15-31)21-35-29(40)38-28-36-26(19-27(37-28)41-30-33-16-6-17-34-30)39-18-13-22-7-2-3-8-23(22)20-39/h2-3,6-12,16-17,19H,1,4-5,13-15,18,20-21H2,(H2,35,36,37,38,40). The van der Waals surface area contributed by atoms with E-state index in [0.29, 0.717) is 22.8 Å². The molecule has 10 heteroatoms. The SMILES string of the molecule is Fc1ccc(C2(CNC(=S)Nc3nc(Sc4ncccn4)cc(N4CCc5ccccc5C4)n3)CCCCC2)cc1. The van der Waals surface area contributed by atoms with Crippen LogP contribution in [0.3, 0.4) is 0 Å². The lowest BCUT2D eigenvalue weighted by atomic mass is 9.69. The van der Waals surface area contributed by atoms with Gasteiger partial charge in [0.15, 0.2) is 10.3 Å². The molecular weight excluding hydrogens is 554 g/mol. The molecule has 1 aliphatic carbocycles. The summed E-state index contributed by atoms with van der Waals surface area (Å²) in [5.41, 5.74) is 3.75. The third kappa shape index (κ3) is 6.65. The number of rotatable bonds is 7. The lowest BCUT2D eigenvalue weighted by Gasteiger charge is -2.38. The zero-order chi connectivity index (χ0) is 28.1. The normalized spacial score (nSPS) is 16.1. The van der Waals surface area contributed by atoms with Crippen molar-refractivity contribution in [2.24, 2.45) is 0 Å². The Morgan fingerprint density at radius 2 is 1.71 bits per heavy atom. The van der Waals surface area contributed by atoms with Gasteiger partial charge < -0.3 is 15.5 Å². The maximum atomic E-state index is 13.7. The van der Waals surface area contributed by atoms with E-state index in [2.05, 4.69) is 49.8 Å². The Hall–Kier alpha value is -3.63. The van der Waals surface area contributed by atoms with Crippen molar-refractivity contribution in [1.29, 1.82) is 0 Å². The minimum atomic E-state index is -0.214. The van der Waals surface area contributed by atoms with E-state index in [1.807, 2.05) is 18.2 Å². The molecule has 1 saturated carbocycles. The van der Waals surface area contributed by atoms with Crippen LogP contribution in [0.1, 0.15) is 48.8 Å². The number of nitrogens with zero attached hydrogens (tertiary/aromatic N) is 5. The summed E-state index contributed by atoms with van der Waals surface area (Å²) in [6.07, 6.45) is 9.98. The fourth-order valence-corrected chi connectivity index (χ4v) is 6.67. The molecule has 1 aliphatic heterocycles. The van der Waals surface area contributed by atoms with Crippen molar-refractivity contribution in [3.8, 4) is 0 Å². The lowest BCUT2D eigenvalue weighted by Crippen LogP contribution is -2.43. The first-order valence-corrected chi connectivity index (χ1v) is 15.3. The summed E-state index contributed by atoms with van der Waals surface area (Å²) in [4.78, 5) is 20.6. The average Bonchev–Trinajstić information content (AvgIpc) is 3.01. The smallest absolute Gasteiger partial charge is 0.232 e. The molecule has 6 rings (SSSR count). The van der Waals surface area contributed by atoms with Gasteiger partial charge in [-0.25, -0.2) is 19.3 Å². The lowest BCUT2D eigenvalue weighted by molar-refractivity contribution is 0.292. The largest absolute Gasteiger partial charge is 0.361 e. The van der Waals surface area contributed by atoms with Crippen molar-refractivity contribution >= 4 is 40.9 Å². The van der Waals surface area contributed by atoms with Crippen molar-refractivity contribution in [3.05, 3.63) is 95.6 Å². The number of nitrogens with one attached hydrogen (secondary N) is 2. The molecule has 0 bridgehead atoms. The first-order chi connectivity index (χ1) is 20.1. The highest BCUT2D eigenvalue weighted by atomic mass is 32.2. The number of fused-ring (bicyclic) bond motifs is 1. The van der Waals surface area contributed by atoms with E-state index in [0.717, 1.165) is 61.6 Å². The molecule has 1 fully saturated rings. The first-order valence-electron chi connectivity index (χ1n) is 14.0. The predicted molar refractivity (Wildman–Crippen MR) is 165 cm³/mol. The third-order valence-corrected chi connectivity index (χ3v) is 9.02. The van der Waals surface area contributed by atoms with Gasteiger partial charge in [-0.3, -0.25) is 0 Å². The van der Waals surface area contributed by atoms with Gasteiger partial charge in [0, 0.05) is 43.5 Å². The van der Waals surface area contributed by atoms with Crippen LogP contribution in [0.25, 0.3) is 0 Å². The highest BCUT2D eigenvalue weighted by molar-refractivity contribution is 7.99. The van der Waals surface area contributed by atoms with Gasteiger partial charge in [-0.2, -0.15) is 4.98 Å². The number of hydrogen-bond donors (Lipinski definition) is 2. The quantitative estimate of drug-likeness (QED) is 0.147. The molecule has 3 heterocycles. The summed E-state index contributed by atoms with van der Waals surface area (Å²) in [6.45, 7) is 2.30. The summed E-state index contributed by atoms with van der Waals surface area (Å²) < 4.78 is 13.7. The first kappa shape index (κ1) is 27.5.